The normalized spacial score (nSPS) is 16.3. The fourth-order valence-electron chi connectivity index (χ4n) is 3.67. The molecule has 1 aliphatic carbocycles. The van der Waals surface area contributed by atoms with Crippen LogP contribution in [0.1, 0.15) is 54.9 Å². The van der Waals surface area contributed by atoms with Gasteiger partial charge in [0.2, 0.25) is 0 Å². The second kappa shape index (κ2) is 11.0. The summed E-state index contributed by atoms with van der Waals surface area (Å²) < 4.78 is 8.34. The van der Waals surface area contributed by atoms with E-state index in [-0.39, 0.29) is 24.0 Å². The van der Waals surface area contributed by atoms with Crippen molar-refractivity contribution in [2.24, 2.45) is 10.9 Å². The number of aryl methyl sites for hydroxylation is 2. The molecule has 0 amide bonds. The van der Waals surface area contributed by atoms with E-state index in [1.54, 1.807) is 7.05 Å². The predicted molar refractivity (Wildman–Crippen MR) is 129 cm³/mol. The Morgan fingerprint density at radius 3 is 2.80 bits per heavy atom. The van der Waals surface area contributed by atoms with Crippen LogP contribution in [-0.4, -0.2) is 34.4 Å². The summed E-state index contributed by atoms with van der Waals surface area (Å²) in [6.07, 6.45) is 7.28. The number of aliphatic imine (C=N–C) groups is 1. The molecule has 4 rings (SSSR count). The van der Waals surface area contributed by atoms with E-state index in [1.165, 1.54) is 37.7 Å². The number of guanidine groups is 1. The molecule has 2 heterocycles. The number of aromatic nitrogens is 3. The molecule has 0 saturated heterocycles. The van der Waals surface area contributed by atoms with Gasteiger partial charge in [0.25, 0.3) is 0 Å². The van der Waals surface area contributed by atoms with Gasteiger partial charge in [0, 0.05) is 32.1 Å². The Balaban J connectivity index is 0.00000256. The minimum Gasteiger partial charge on any atom is -0.493 e. The summed E-state index contributed by atoms with van der Waals surface area (Å²) in [5.74, 6) is 4.56. The van der Waals surface area contributed by atoms with Crippen molar-refractivity contribution in [2.45, 2.75) is 65.1 Å². The molecule has 2 aliphatic rings. The van der Waals surface area contributed by atoms with E-state index < -0.39 is 0 Å². The Bertz CT molecular complexity index is 861. The van der Waals surface area contributed by atoms with E-state index in [2.05, 4.69) is 55.5 Å². The summed E-state index contributed by atoms with van der Waals surface area (Å²) in [6, 6.07) is 6.39. The van der Waals surface area contributed by atoms with Crippen LogP contribution in [0.3, 0.4) is 0 Å². The zero-order valence-electron chi connectivity index (χ0n) is 18.0. The van der Waals surface area contributed by atoms with Crippen molar-refractivity contribution in [3.8, 4) is 5.75 Å². The van der Waals surface area contributed by atoms with E-state index in [0.29, 0.717) is 13.1 Å². The number of halogens is 1. The van der Waals surface area contributed by atoms with Gasteiger partial charge >= 0.3 is 0 Å². The molecular formula is C22H33IN6O. The maximum absolute atomic E-state index is 6.08. The van der Waals surface area contributed by atoms with Gasteiger partial charge in [-0.25, -0.2) is 0 Å². The van der Waals surface area contributed by atoms with Crippen LogP contribution in [-0.2, 0) is 26.1 Å². The van der Waals surface area contributed by atoms with Crippen LogP contribution in [0, 0.1) is 12.8 Å². The number of benzene rings is 1. The Labute approximate surface area is 196 Å². The zero-order chi connectivity index (χ0) is 20.1. The minimum absolute atomic E-state index is 0. The first-order chi connectivity index (χ1) is 14.2. The maximum atomic E-state index is 6.08. The number of hydrogen-bond acceptors (Lipinski definition) is 4. The molecule has 1 saturated carbocycles. The fraction of sp³-hybridized carbons (Fsp3) is 0.591. The maximum Gasteiger partial charge on any atom is 0.191 e. The molecule has 1 aromatic heterocycles. The van der Waals surface area contributed by atoms with Crippen molar-refractivity contribution < 1.29 is 4.74 Å². The highest BCUT2D eigenvalue weighted by Crippen LogP contribution is 2.30. The first-order valence-electron chi connectivity index (χ1n) is 10.8. The molecule has 0 unspecified atom stereocenters. The molecule has 0 spiro atoms. The minimum atomic E-state index is 0. The summed E-state index contributed by atoms with van der Waals surface area (Å²) in [5, 5.41) is 15.5. The highest BCUT2D eigenvalue weighted by Gasteiger charge is 2.22. The highest BCUT2D eigenvalue weighted by molar-refractivity contribution is 14.0. The second-order valence-electron chi connectivity index (χ2n) is 8.14. The predicted octanol–water partition coefficient (Wildman–Crippen LogP) is 3.58. The van der Waals surface area contributed by atoms with E-state index in [4.69, 9.17) is 4.74 Å². The van der Waals surface area contributed by atoms with Crippen molar-refractivity contribution in [3.05, 3.63) is 41.0 Å². The molecule has 0 atom stereocenters. The number of fused-ring (bicyclic) bond motifs is 1. The number of nitrogens with zero attached hydrogens (tertiary/aromatic N) is 4. The molecule has 1 aliphatic heterocycles. The van der Waals surface area contributed by atoms with Crippen molar-refractivity contribution in [2.75, 3.05) is 13.7 Å². The van der Waals surface area contributed by atoms with Gasteiger partial charge in [0.15, 0.2) is 11.8 Å². The van der Waals surface area contributed by atoms with Gasteiger partial charge in [0.05, 0.1) is 13.2 Å². The van der Waals surface area contributed by atoms with Crippen LogP contribution >= 0.6 is 24.0 Å². The third-order valence-electron chi connectivity index (χ3n) is 5.66. The lowest BCUT2D eigenvalue weighted by Crippen LogP contribution is -2.37. The van der Waals surface area contributed by atoms with Gasteiger partial charge in [-0.3, -0.25) is 4.99 Å². The van der Waals surface area contributed by atoms with Crippen LogP contribution in [0.4, 0.5) is 0 Å². The second-order valence-corrected chi connectivity index (χ2v) is 8.14. The molecule has 2 aromatic rings. The zero-order valence-corrected chi connectivity index (χ0v) is 20.3. The van der Waals surface area contributed by atoms with Crippen LogP contribution in [0.5, 0.6) is 5.75 Å². The van der Waals surface area contributed by atoms with Crippen LogP contribution in [0.15, 0.2) is 23.2 Å². The topological polar surface area (TPSA) is 76.4 Å². The third-order valence-corrected chi connectivity index (χ3v) is 5.66. The fourth-order valence-corrected chi connectivity index (χ4v) is 3.67. The summed E-state index contributed by atoms with van der Waals surface area (Å²) >= 11 is 0. The number of ether oxygens (including phenoxy) is 1. The van der Waals surface area contributed by atoms with Gasteiger partial charge < -0.3 is 19.9 Å². The molecule has 1 aromatic carbocycles. The van der Waals surface area contributed by atoms with Crippen molar-refractivity contribution in [1.29, 1.82) is 0 Å². The van der Waals surface area contributed by atoms with Crippen molar-refractivity contribution >= 4 is 29.9 Å². The SMILES string of the molecule is CN=C(NCc1ccc(C)cc1OCC1CC1)NCc1nnc2n1CCCCC2.I. The van der Waals surface area contributed by atoms with E-state index in [0.717, 1.165) is 54.4 Å². The van der Waals surface area contributed by atoms with Crippen molar-refractivity contribution in [1.82, 2.24) is 25.4 Å². The average molecular weight is 524 g/mol. The molecule has 2 N–H and O–H groups in total. The van der Waals surface area contributed by atoms with E-state index >= 15 is 0 Å². The van der Waals surface area contributed by atoms with Gasteiger partial charge in [-0.15, -0.1) is 34.2 Å². The van der Waals surface area contributed by atoms with Gasteiger partial charge in [-0.05, 0) is 50.2 Å². The lowest BCUT2D eigenvalue weighted by atomic mass is 10.1. The summed E-state index contributed by atoms with van der Waals surface area (Å²) in [7, 11) is 1.79. The summed E-state index contributed by atoms with van der Waals surface area (Å²) in [6.45, 7) is 5.21. The van der Waals surface area contributed by atoms with E-state index in [9.17, 15) is 0 Å². The third kappa shape index (κ3) is 6.09. The van der Waals surface area contributed by atoms with Crippen LogP contribution in [0.25, 0.3) is 0 Å². The first-order valence-corrected chi connectivity index (χ1v) is 10.8. The molecular weight excluding hydrogens is 491 g/mol. The average Bonchev–Trinajstić information content (AvgIpc) is 3.52. The van der Waals surface area contributed by atoms with Gasteiger partial charge in [-0.2, -0.15) is 0 Å². The monoisotopic (exact) mass is 524 g/mol. The summed E-state index contributed by atoms with van der Waals surface area (Å²) in [4.78, 5) is 4.36. The van der Waals surface area contributed by atoms with E-state index in [1.807, 2.05) is 0 Å². The number of rotatable bonds is 7. The number of nitrogens with one attached hydrogen (secondary N) is 2. The Morgan fingerprint density at radius 2 is 2.00 bits per heavy atom. The van der Waals surface area contributed by atoms with Gasteiger partial charge in [0.1, 0.15) is 11.6 Å². The largest absolute Gasteiger partial charge is 0.493 e. The Morgan fingerprint density at radius 1 is 1.17 bits per heavy atom. The lowest BCUT2D eigenvalue weighted by Gasteiger charge is -2.15. The summed E-state index contributed by atoms with van der Waals surface area (Å²) in [5.41, 5.74) is 2.37. The molecule has 1 fully saturated rings. The molecule has 164 valence electrons. The van der Waals surface area contributed by atoms with Crippen LogP contribution in [0.2, 0.25) is 0 Å². The molecule has 30 heavy (non-hydrogen) atoms. The van der Waals surface area contributed by atoms with Crippen molar-refractivity contribution in [3.63, 3.8) is 0 Å². The number of hydrogen-bond donors (Lipinski definition) is 2. The Kier molecular flexibility index (Phi) is 8.35. The quantitative estimate of drug-likeness (QED) is 0.329. The molecule has 0 bridgehead atoms. The first kappa shape index (κ1) is 22.8. The van der Waals surface area contributed by atoms with Crippen LogP contribution < -0.4 is 15.4 Å². The smallest absolute Gasteiger partial charge is 0.191 e. The molecule has 0 radical (unpaired) electrons. The molecule has 8 heteroatoms. The van der Waals surface area contributed by atoms with Gasteiger partial charge in [-0.1, -0.05) is 18.6 Å². The standard InChI is InChI=1S/C22H32N6O.HI/c1-16-7-10-18(19(12-16)29-15-17-8-9-17)13-24-22(23-2)25-14-21-27-26-20-6-4-3-5-11-28(20)21;/h7,10,12,17H,3-6,8-9,11,13-15H2,1-2H3,(H2,23,24,25);1H. The molecule has 7 nitrogen and oxygen atoms in total. The lowest BCUT2D eigenvalue weighted by molar-refractivity contribution is 0.296. The Hall–Kier alpha value is -1.84. The highest BCUT2D eigenvalue weighted by atomic mass is 127.